The summed E-state index contributed by atoms with van der Waals surface area (Å²) in [4.78, 5) is 15.1. The van der Waals surface area contributed by atoms with E-state index in [0.717, 1.165) is 33.8 Å². The number of hydrogen-bond acceptors (Lipinski definition) is 3. The highest BCUT2D eigenvalue weighted by molar-refractivity contribution is 7.98. The number of rotatable bonds is 8. The summed E-state index contributed by atoms with van der Waals surface area (Å²) >= 11 is 1.81. The molecule has 4 rings (SSSR count). The summed E-state index contributed by atoms with van der Waals surface area (Å²) in [5.41, 5.74) is 4.93. The fourth-order valence-corrected chi connectivity index (χ4v) is 6.62. The van der Waals surface area contributed by atoms with Crippen molar-refractivity contribution in [1.82, 2.24) is 0 Å². The monoisotopic (exact) mass is 482 g/mol. The van der Waals surface area contributed by atoms with Gasteiger partial charge in [0.1, 0.15) is 5.75 Å². The summed E-state index contributed by atoms with van der Waals surface area (Å²) in [6.07, 6.45) is 0. The molecule has 0 saturated heterocycles. The van der Waals surface area contributed by atoms with Gasteiger partial charge in [0, 0.05) is 21.8 Å². The summed E-state index contributed by atoms with van der Waals surface area (Å²) in [7, 11) is -0.155. The molecule has 0 amide bonds. The van der Waals surface area contributed by atoms with Crippen LogP contribution in [0.1, 0.15) is 21.5 Å². The Balaban J connectivity index is 1.82. The van der Waals surface area contributed by atoms with E-state index >= 15 is 0 Å². The molecule has 0 bridgehead atoms. The lowest BCUT2D eigenvalue weighted by atomic mass is 9.94. The molecule has 0 aliphatic carbocycles. The molecular weight excluding hydrogens is 452 g/mol. The fraction of sp³-hybridized carbons (Fsp3) is 0.167. The molecule has 4 aromatic rings. The first kappa shape index (κ1) is 24.1. The molecule has 4 heteroatoms. The zero-order valence-corrected chi connectivity index (χ0v) is 22.0. The molecule has 2 nitrogen and oxygen atoms in total. The Morgan fingerprint density at radius 2 is 1.44 bits per heavy atom. The molecule has 0 radical (unpaired) electrons. The Labute approximate surface area is 208 Å². The van der Waals surface area contributed by atoms with E-state index in [1.165, 1.54) is 15.6 Å². The van der Waals surface area contributed by atoms with Crippen LogP contribution in [0.25, 0.3) is 11.1 Å². The number of methoxy groups -OCH3 is 1. The predicted octanol–water partition coefficient (Wildman–Crippen LogP) is 7.43. The Morgan fingerprint density at radius 1 is 0.824 bits per heavy atom. The van der Waals surface area contributed by atoms with Gasteiger partial charge in [-0.05, 0) is 46.1 Å². The van der Waals surface area contributed by atoms with Crippen molar-refractivity contribution in [2.75, 3.05) is 7.11 Å². The van der Waals surface area contributed by atoms with E-state index < -0.39 is 8.07 Å². The van der Waals surface area contributed by atoms with Crippen molar-refractivity contribution in [3.63, 3.8) is 0 Å². The van der Waals surface area contributed by atoms with E-state index in [4.69, 9.17) is 4.74 Å². The molecule has 4 aromatic carbocycles. The van der Waals surface area contributed by atoms with Crippen LogP contribution in [-0.4, -0.2) is 21.0 Å². The number of ketones is 1. The number of thioether (sulfide) groups is 1. The van der Waals surface area contributed by atoms with E-state index in [0.29, 0.717) is 0 Å². The fourth-order valence-electron chi connectivity index (χ4n) is 4.00. The second-order valence-electron chi connectivity index (χ2n) is 9.34. The van der Waals surface area contributed by atoms with Crippen LogP contribution in [0.3, 0.4) is 0 Å². The third kappa shape index (κ3) is 5.52. The van der Waals surface area contributed by atoms with Crippen molar-refractivity contribution in [1.29, 1.82) is 0 Å². The summed E-state index contributed by atoms with van der Waals surface area (Å²) in [6, 6.07) is 32.6. The summed E-state index contributed by atoms with van der Waals surface area (Å²) in [6.45, 7) is 6.95. The Bertz CT molecular complexity index is 1260. The lowest BCUT2D eigenvalue weighted by Crippen LogP contribution is -2.42. The summed E-state index contributed by atoms with van der Waals surface area (Å²) in [5.74, 6) is 1.82. The lowest BCUT2D eigenvalue weighted by Gasteiger charge is -2.25. The molecule has 172 valence electrons. The van der Waals surface area contributed by atoms with Gasteiger partial charge in [0.25, 0.3) is 0 Å². The van der Waals surface area contributed by atoms with Gasteiger partial charge < -0.3 is 4.74 Å². The van der Waals surface area contributed by atoms with E-state index in [9.17, 15) is 4.79 Å². The van der Waals surface area contributed by atoms with Crippen LogP contribution in [0.15, 0.2) is 102 Å². The zero-order valence-electron chi connectivity index (χ0n) is 20.2. The Hall–Kier alpha value is -3.08. The van der Waals surface area contributed by atoms with Crippen LogP contribution in [0.5, 0.6) is 5.75 Å². The largest absolute Gasteiger partial charge is 0.497 e. The standard InChI is InChI=1S/C30H30O2SSi/c1-32-25-17-15-22(16-18-25)21-33-26-19-27(23-11-7-5-8-12-23)29(28(20-26)34(2,3)4)30(31)24-13-9-6-10-14-24/h5-20H,21H2,1-4H3. The number of ether oxygens (including phenoxy) is 1. The average molecular weight is 483 g/mol. The highest BCUT2D eigenvalue weighted by atomic mass is 32.2. The maximum atomic E-state index is 13.9. The van der Waals surface area contributed by atoms with Crippen molar-refractivity contribution < 1.29 is 9.53 Å². The van der Waals surface area contributed by atoms with Crippen molar-refractivity contribution >= 4 is 30.8 Å². The van der Waals surface area contributed by atoms with E-state index in [1.807, 2.05) is 72.4 Å². The summed E-state index contributed by atoms with van der Waals surface area (Å²) in [5, 5.41) is 1.21. The van der Waals surface area contributed by atoms with Crippen molar-refractivity contribution in [3.8, 4) is 16.9 Å². The van der Waals surface area contributed by atoms with E-state index in [2.05, 4.69) is 56.0 Å². The molecule has 0 aliphatic heterocycles. The first-order valence-corrected chi connectivity index (χ1v) is 15.9. The minimum absolute atomic E-state index is 0.101. The highest BCUT2D eigenvalue weighted by Crippen LogP contribution is 2.33. The molecule has 0 saturated carbocycles. The van der Waals surface area contributed by atoms with Gasteiger partial charge >= 0.3 is 0 Å². The molecule has 0 fully saturated rings. The molecular formula is C30H30O2SSi. The van der Waals surface area contributed by atoms with Crippen molar-refractivity contribution in [2.24, 2.45) is 0 Å². The predicted molar refractivity (Wildman–Crippen MR) is 147 cm³/mol. The lowest BCUT2D eigenvalue weighted by molar-refractivity contribution is 0.104. The Morgan fingerprint density at radius 3 is 2.03 bits per heavy atom. The molecule has 0 heterocycles. The van der Waals surface area contributed by atoms with Crippen LogP contribution >= 0.6 is 11.8 Å². The number of hydrogen-bond donors (Lipinski definition) is 0. The van der Waals surface area contributed by atoms with Crippen molar-refractivity contribution in [2.45, 2.75) is 30.3 Å². The van der Waals surface area contributed by atoms with Crippen LogP contribution in [0, 0.1) is 0 Å². The maximum absolute atomic E-state index is 13.9. The number of carbonyl (C=O) groups is 1. The molecule has 0 N–H and O–H groups in total. The third-order valence-electron chi connectivity index (χ3n) is 5.83. The van der Waals surface area contributed by atoms with Gasteiger partial charge in [-0.15, -0.1) is 11.8 Å². The minimum atomic E-state index is -1.84. The van der Waals surface area contributed by atoms with Gasteiger partial charge in [0.05, 0.1) is 15.2 Å². The van der Waals surface area contributed by atoms with Gasteiger partial charge in [0.2, 0.25) is 0 Å². The summed E-state index contributed by atoms with van der Waals surface area (Å²) < 4.78 is 5.29. The molecule has 0 spiro atoms. The van der Waals surface area contributed by atoms with Crippen molar-refractivity contribution in [3.05, 3.63) is 114 Å². The molecule has 0 aromatic heterocycles. The van der Waals surface area contributed by atoms with E-state index in [1.54, 1.807) is 7.11 Å². The van der Waals surface area contributed by atoms with E-state index in [-0.39, 0.29) is 5.78 Å². The first-order valence-electron chi connectivity index (χ1n) is 11.5. The SMILES string of the molecule is COc1ccc(CSc2cc(-c3ccccc3)c(C(=O)c3ccccc3)c([Si](C)(C)C)c2)cc1. The third-order valence-corrected chi connectivity index (χ3v) is 8.89. The van der Waals surface area contributed by atoms with Crippen LogP contribution in [0.2, 0.25) is 19.6 Å². The molecule has 0 unspecified atom stereocenters. The topological polar surface area (TPSA) is 26.3 Å². The number of benzene rings is 4. The average Bonchev–Trinajstić information content (AvgIpc) is 2.87. The minimum Gasteiger partial charge on any atom is -0.497 e. The van der Waals surface area contributed by atoms with Crippen LogP contribution in [-0.2, 0) is 5.75 Å². The first-order chi connectivity index (χ1) is 16.4. The van der Waals surface area contributed by atoms with Gasteiger partial charge in [-0.2, -0.15) is 0 Å². The van der Waals surface area contributed by atoms with Gasteiger partial charge in [-0.25, -0.2) is 0 Å². The number of carbonyl (C=O) groups excluding carboxylic acids is 1. The molecule has 34 heavy (non-hydrogen) atoms. The van der Waals surface area contributed by atoms with Gasteiger partial charge in [0.15, 0.2) is 5.78 Å². The molecule has 0 atom stereocenters. The second-order valence-corrected chi connectivity index (χ2v) is 15.4. The van der Waals surface area contributed by atoms with Crippen LogP contribution < -0.4 is 9.92 Å². The molecule has 0 aliphatic rings. The maximum Gasteiger partial charge on any atom is 0.193 e. The van der Waals surface area contributed by atoms with Gasteiger partial charge in [-0.1, -0.05) is 92.4 Å². The normalized spacial score (nSPS) is 11.3. The second kappa shape index (κ2) is 10.5. The van der Waals surface area contributed by atoms with Gasteiger partial charge in [-0.3, -0.25) is 4.79 Å². The quantitative estimate of drug-likeness (QED) is 0.148. The zero-order chi connectivity index (χ0) is 24.1. The Kier molecular flexibility index (Phi) is 7.40. The smallest absolute Gasteiger partial charge is 0.193 e. The highest BCUT2D eigenvalue weighted by Gasteiger charge is 2.28. The van der Waals surface area contributed by atoms with Crippen LogP contribution in [0.4, 0.5) is 0 Å².